The largest absolute Gasteiger partial charge is 0.369 e. The van der Waals surface area contributed by atoms with Gasteiger partial charge in [-0.3, -0.25) is 4.79 Å². The van der Waals surface area contributed by atoms with Crippen LogP contribution < -0.4 is 10.3 Å². The summed E-state index contributed by atoms with van der Waals surface area (Å²) in [6, 6.07) is 8.50. The van der Waals surface area contributed by atoms with Crippen molar-refractivity contribution < 1.29 is 0 Å². The maximum absolute atomic E-state index is 13.9. The molecule has 0 amide bonds. The number of benzene rings is 1. The summed E-state index contributed by atoms with van der Waals surface area (Å²) >= 11 is 0. The number of anilines is 1. The standard InChI is InChI=1S/C26H32N4O/c1-3-25-27-17-23-20-10-9-19(30-13-11-29(2)12-14-30)15-22(20)26(31)21(16-24(23)28-25)18-7-5-4-6-8-18/h9-10,15-18H,3-8,11-14H2,1-2H3. The van der Waals surface area contributed by atoms with Crippen LogP contribution in [-0.4, -0.2) is 48.1 Å². The van der Waals surface area contributed by atoms with Gasteiger partial charge in [-0.15, -0.1) is 0 Å². The molecular formula is C26H32N4O. The molecule has 2 heterocycles. The molecule has 0 unspecified atom stereocenters. The summed E-state index contributed by atoms with van der Waals surface area (Å²) in [7, 11) is 2.17. The maximum atomic E-state index is 13.9. The molecule has 2 aromatic carbocycles. The van der Waals surface area contributed by atoms with E-state index < -0.39 is 0 Å². The van der Waals surface area contributed by atoms with Crippen LogP contribution in [0.4, 0.5) is 5.69 Å². The molecule has 1 aromatic heterocycles. The Bertz CT molecular complexity index is 1160. The summed E-state index contributed by atoms with van der Waals surface area (Å²) < 4.78 is 0. The first kappa shape index (κ1) is 20.4. The zero-order valence-corrected chi connectivity index (χ0v) is 18.7. The molecule has 0 atom stereocenters. The van der Waals surface area contributed by atoms with Crippen LogP contribution in [-0.2, 0) is 6.42 Å². The Labute approximate surface area is 184 Å². The number of fused-ring (bicyclic) bond motifs is 3. The number of likely N-dealkylation sites (N-methyl/N-ethyl adjacent to an activating group) is 1. The van der Waals surface area contributed by atoms with Crippen molar-refractivity contribution in [3.8, 4) is 0 Å². The van der Waals surface area contributed by atoms with Gasteiger partial charge in [-0.2, -0.15) is 0 Å². The lowest BCUT2D eigenvalue weighted by Gasteiger charge is -2.34. The Morgan fingerprint density at radius 1 is 0.968 bits per heavy atom. The van der Waals surface area contributed by atoms with Crippen molar-refractivity contribution in [1.29, 1.82) is 0 Å². The average Bonchev–Trinajstić information content (AvgIpc) is 2.94. The predicted molar refractivity (Wildman–Crippen MR) is 128 cm³/mol. The minimum atomic E-state index is 0.189. The van der Waals surface area contributed by atoms with Gasteiger partial charge in [0.15, 0.2) is 5.43 Å². The Kier molecular flexibility index (Phi) is 5.61. The second-order valence-corrected chi connectivity index (χ2v) is 9.22. The molecule has 31 heavy (non-hydrogen) atoms. The maximum Gasteiger partial charge on any atom is 0.190 e. The highest BCUT2D eigenvalue weighted by atomic mass is 16.1. The molecule has 162 valence electrons. The van der Waals surface area contributed by atoms with Crippen molar-refractivity contribution >= 4 is 27.4 Å². The number of hydrogen-bond donors (Lipinski definition) is 0. The smallest absolute Gasteiger partial charge is 0.190 e. The van der Waals surface area contributed by atoms with Crippen LogP contribution in [0, 0.1) is 0 Å². The van der Waals surface area contributed by atoms with Gasteiger partial charge in [0.25, 0.3) is 0 Å². The Balaban J connectivity index is 1.74. The first-order chi connectivity index (χ1) is 15.1. The van der Waals surface area contributed by atoms with E-state index in [1.54, 1.807) is 0 Å². The van der Waals surface area contributed by atoms with E-state index in [4.69, 9.17) is 4.98 Å². The zero-order chi connectivity index (χ0) is 21.4. The molecule has 1 aliphatic heterocycles. The van der Waals surface area contributed by atoms with Crippen LogP contribution >= 0.6 is 0 Å². The first-order valence-corrected chi connectivity index (χ1v) is 11.8. The lowest BCUT2D eigenvalue weighted by Crippen LogP contribution is -2.44. The van der Waals surface area contributed by atoms with Crippen molar-refractivity contribution in [3.63, 3.8) is 0 Å². The molecule has 5 rings (SSSR count). The van der Waals surface area contributed by atoms with Gasteiger partial charge in [0.05, 0.1) is 5.52 Å². The van der Waals surface area contributed by atoms with Crippen LogP contribution in [0.5, 0.6) is 0 Å². The zero-order valence-electron chi connectivity index (χ0n) is 18.7. The third kappa shape index (κ3) is 3.91. The van der Waals surface area contributed by atoms with Gasteiger partial charge < -0.3 is 9.80 Å². The molecule has 2 aliphatic rings. The highest BCUT2D eigenvalue weighted by molar-refractivity contribution is 6.05. The average molecular weight is 417 g/mol. The molecule has 5 nitrogen and oxygen atoms in total. The van der Waals surface area contributed by atoms with Gasteiger partial charge in [-0.1, -0.05) is 32.3 Å². The molecule has 1 aliphatic carbocycles. The SMILES string of the molecule is CCc1ncc2c(cc(C3CCCCC3)c(=O)c3cc(N4CCN(C)CC4)ccc32)n1. The van der Waals surface area contributed by atoms with E-state index in [1.807, 2.05) is 6.20 Å². The fraction of sp³-hybridized carbons (Fsp3) is 0.500. The topological polar surface area (TPSA) is 49.3 Å². The molecule has 0 bridgehead atoms. The molecule has 0 N–H and O–H groups in total. The van der Waals surface area contributed by atoms with Crippen LogP contribution in [0.3, 0.4) is 0 Å². The summed E-state index contributed by atoms with van der Waals surface area (Å²) in [6.45, 7) is 6.16. The van der Waals surface area contributed by atoms with E-state index in [1.165, 1.54) is 19.3 Å². The third-order valence-corrected chi connectivity index (χ3v) is 7.19. The molecule has 0 spiro atoms. The molecule has 1 saturated carbocycles. The van der Waals surface area contributed by atoms with Crippen molar-refractivity contribution in [2.24, 2.45) is 0 Å². The number of nitrogens with zero attached hydrogens (tertiary/aromatic N) is 4. The number of aromatic nitrogens is 2. The summed E-state index contributed by atoms with van der Waals surface area (Å²) in [6.07, 6.45) is 8.62. The molecular weight excluding hydrogens is 384 g/mol. The highest BCUT2D eigenvalue weighted by Crippen LogP contribution is 2.34. The number of aryl methyl sites for hydroxylation is 1. The molecule has 3 aromatic rings. The van der Waals surface area contributed by atoms with E-state index in [0.29, 0.717) is 5.92 Å². The van der Waals surface area contributed by atoms with Crippen molar-refractivity contribution in [2.75, 3.05) is 38.1 Å². The minimum absolute atomic E-state index is 0.189. The summed E-state index contributed by atoms with van der Waals surface area (Å²) in [5, 5.41) is 2.78. The van der Waals surface area contributed by atoms with Gasteiger partial charge in [0, 0.05) is 60.8 Å². The second-order valence-electron chi connectivity index (χ2n) is 9.22. The first-order valence-electron chi connectivity index (χ1n) is 11.8. The lowest BCUT2D eigenvalue weighted by molar-refractivity contribution is 0.313. The van der Waals surface area contributed by atoms with E-state index >= 15 is 0 Å². The van der Waals surface area contributed by atoms with Gasteiger partial charge in [0.1, 0.15) is 5.82 Å². The van der Waals surface area contributed by atoms with Crippen LogP contribution in [0.15, 0.2) is 35.3 Å². The van der Waals surface area contributed by atoms with E-state index in [0.717, 1.165) is 84.2 Å². The van der Waals surface area contributed by atoms with Gasteiger partial charge in [0.2, 0.25) is 0 Å². The van der Waals surface area contributed by atoms with Crippen molar-refractivity contribution in [1.82, 2.24) is 14.9 Å². The predicted octanol–water partition coefficient (Wildman–Crippen LogP) is 4.51. The van der Waals surface area contributed by atoms with Crippen LogP contribution in [0.25, 0.3) is 21.7 Å². The Hall–Kier alpha value is -2.53. The third-order valence-electron chi connectivity index (χ3n) is 7.19. The van der Waals surface area contributed by atoms with Crippen LogP contribution in [0.1, 0.15) is 56.3 Å². The summed E-state index contributed by atoms with van der Waals surface area (Å²) in [5.41, 5.74) is 3.20. The number of piperazine rings is 1. The second kappa shape index (κ2) is 8.54. The normalized spacial score (nSPS) is 18.7. The highest BCUT2D eigenvalue weighted by Gasteiger charge is 2.21. The fourth-order valence-corrected chi connectivity index (χ4v) is 5.22. The summed E-state index contributed by atoms with van der Waals surface area (Å²) in [5.74, 6) is 1.18. The Morgan fingerprint density at radius 2 is 1.74 bits per heavy atom. The van der Waals surface area contributed by atoms with Gasteiger partial charge >= 0.3 is 0 Å². The quantitative estimate of drug-likeness (QED) is 0.629. The van der Waals surface area contributed by atoms with E-state index in [9.17, 15) is 4.79 Å². The van der Waals surface area contributed by atoms with Gasteiger partial charge in [-0.05, 0) is 49.4 Å². The van der Waals surface area contributed by atoms with Gasteiger partial charge in [-0.25, -0.2) is 9.97 Å². The molecule has 2 fully saturated rings. The van der Waals surface area contributed by atoms with Crippen molar-refractivity contribution in [2.45, 2.75) is 51.4 Å². The Morgan fingerprint density at radius 3 is 2.48 bits per heavy atom. The van der Waals surface area contributed by atoms with E-state index in [2.05, 4.69) is 53.0 Å². The van der Waals surface area contributed by atoms with Crippen LogP contribution in [0.2, 0.25) is 0 Å². The monoisotopic (exact) mass is 416 g/mol. The molecule has 1 saturated heterocycles. The lowest BCUT2D eigenvalue weighted by atomic mass is 9.84. The fourth-order valence-electron chi connectivity index (χ4n) is 5.22. The molecule has 0 radical (unpaired) electrons. The van der Waals surface area contributed by atoms with Crippen molar-refractivity contribution in [3.05, 3.63) is 52.1 Å². The molecule has 5 heteroatoms. The minimum Gasteiger partial charge on any atom is -0.369 e. The number of rotatable bonds is 3. The number of hydrogen-bond acceptors (Lipinski definition) is 5. The van der Waals surface area contributed by atoms with E-state index in [-0.39, 0.29) is 5.43 Å². The summed E-state index contributed by atoms with van der Waals surface area (Å²) in [4.78, 5) is 28.1.